The van der Waals surface area contributed by atoms with Gasteiger partial charge in [0.2, 0.25) is 5.91 Å². The van der Waals surface area contributed by atoms with E-state index in [9.17, 15) is 4.79 Å². The zero-order chi connectivity index (χ0) is 12.7. The topological polar surface area (TPSA) is 34.5 Å². The molecule has 0 aromatic carbocycles. The summed E-state index contributed by atoms with van der Waals surface area (Å²) in [6.45, 7) is 3.74. The molecule has 0 saturated carbocycles. The first kappa shape index (κ1) is 13.8. The number of methoxy groups -OCH3 is 1. The maximum Gasteiger partial charge on any atom is 0.248 e. The van der Waals surface area contributed by atoms with Gasteiger partial charge in [-0.25, -0.2) is 0 Å². The first-order valence-electron chi connectivity index (χ1n) is 6.06. The predicted octanol–water partition coefficient (Wildman–Crippen LogP) is 1.80. The Morgan fingerprint density at radius 1 is 1.53 bits per heavy atom. The van der Waals surface area contributed by atoms with Crippen LogP contribution in [0.4, 0.5) is 0 Å². The third kappa shape index (κ3) is 4.23. The highest BCUT2D eigenvalue weighted by Crippen LogP contribution is 2.07. The van der Waals surface area contributed by atoms with E-state index in [0.717, 1.165) is 25.1 Å². The van der Waals surface area contributed by atoms with E-state index in [4.69, 9.17) is 4.74 Å². The second kappa shape index (κ2) is 7.12. The van der Waals surface area contributed by atoms with E-state index in [1.807, 2.05) is 34.8 Å². The average molecular weight is 238 g/mol. The monoisotopic (exact) mass is 238 g/mol. The lowest BCUT2D eigenvalue weighted by Crippen LogP contribution is -2.34. The van der Waals surface area contributed by atoms with Crippen LogP contribution in [0.2, 0.25) is 0 Å². The highest BCUT2D eigenvalue weighted by molar-refractivity contribution is 5.77. The van der Waals surface area contributed by atoms with Gasteiger partial charge in [-0.15, -0.1) is 0 Å². The van der Waals surface area contributed by atoms with Crippen LogP contribution < -0.4 is 0 Å². The van der Waals surface area contributed by atoms with Crippen molar-refractivity contribution in [2.45, 2.75) is 26.3 Å². The molecule has 1 aromatic rings. The Bertz CT molecular complexity index is 347. The van der Waals surface area contributed by atoms with Gasteiger partial charge in [0, 0.05) is 32.6 Å². The number of nitrogens with zero attached hydrogens (tertiary/aromatic N) is 2. The SMILES string of the molecule is CCCCN(Cc1cccn1C)C(=O)COC. The average Bonchev–Trinajstić information content (AvgIpc) is 2.70. The Kier molecular flexibility index (Phi) is 5.77. The van der Waals surface area contributed by atoms with Crippen LogP contribution in [0.15, 0.2) is 18.3 Å². The van der Waals surface area contributed by atoms with E-state index in [1.54, 1.807) is 7.11 Å². The van der Waals surface area contributed by atoms with E-state index < -0.39 is 0 Å². The highest BCUT2D eigenvalue weighted by atomic mass is 16.5. The third-order valence-corrected chi connectivity index (χ3v) is 2.81. The van der Waals surface area contributed by atoms with Gasteiger partial charge in [-0.05, 0) is 18.6 Å². The van der Waals surface area contributed by atoms with E-state index in [2.05, 4.69) is 6.92 Å². The minimum absolute atomic E-state index is 0.0575. The molecule has 0 fully saturated rings. The number of hydrogen-bond donors (Lipinski definition) is 0. The summed E-state index contributed by atoms with van der Waals surface area (Å²) in [6.07, 6.45) is 4.11. The Labute approximate surface area is 103 Å². The number of ether oxygens (including phenoxy) is 1. The Morgan fingerprint density at radius 3 is 2.82 bits per heavy atom. The number of aryl methyl sites for hydroxylation is 1. The van der Waals surface area contributed by atoms with Crippen LogP contribution in [0.5, 0.6) is 0 Å². The summed E-state index contributed by atoms with van der Waals surface area (Å²) in [5, 5.41) is 0. The van der Waals surface area contributed by atoms with Gasteiger partial charge in [-0.3, -0.25) is 4.79 Å². The molecular weight excluding hydrogens is 216 g/mol. The zero-order valence-electron chi connectivity index (χ0n) is 11.0. The highest BCUT2D eigenvalue weighted by Gasteiger charge is 2.14. The molecule has 0 aliphatic rings. The van der Waals surface area contributed by atoms with Gasteiger partial charge in [0.1, 0.15) is 6.61 Å². The van der Waals surface area contributed by atoms with Crippen LogP contribution in [0.25, 0.3) is 0 Å². The van der Waals surface area contributed by atoms with Crippen LogP contribution in [0.1, 0.15) is 25.5 Å². The molecule has 4 heteroatoms. The summed E-state index contributed by atoms with van der Waals surface area (Å²) in [4.78, 5) is 13.7. The minimum atomic E-state index is 0.0575. The molecule has 0 spiro atoms. The zero-order valence-corrected chi connectivity index (χ0v) is 11.0. The lowest BCUT2D eigenvalue weighted by Gasteiger charge is -2.22. The summed E-state index contributed by atoms with van der Waals surface area (Å²) in [5.41, 5.74) is 1.14. The van der Waals surface area contributed by atoms with Crippen molar-refractivity contribution in [2.75, 3.05) is 20.3 Å². The smallest absolute Gasteiger partial charge is 0.248 e. The third-order valence-electron chi connectivity index (χ3n) is 2.81. The number of aromatic nitrogens is 1. The first-order chi connectivity index (χ1) is 8.19. The van der Waals surface area contributed by atoms with Gasteiger partial charge in [-0.1, -0.05) is 13.3 Å². The molecule has 96 valence electrons. The summed E-state index contributed by atoms with van der Waals surface area (Å²) < 4.78 is 6.96. The summed E-state index contributed by atoms with van der Waals surface area (Å²) in [7, 11) is 3.55. The van der Waals surface area contributed by atoms with Crippen molar-refractivity contribution in [3.05, 3.63) is 24.0 Å². The first-order valence-corrected chi connectivity index (χ1v) is 6.06. The molecule has 1 heterocycles. The van der Waals surface area contributed by atoms with Crippen molar-refractivity contribution in [2.24, 2.45) is 7.05 Å². The quantitative estimate of drug-likeness (QED) is 0.726. The molecule has 0 N–H and O–H groups in total. The fourth-order valence-corrected chi connectivity index (χ4v) is 1.71. The van der Waals surface area contributed by atoms with Crippen molar-refractivity contribution in [1.82, 2.24) is 9.47 Å². The fraction of sp³-hybridized carbons (Fsp3) is 0.615. The summed E-state index contributed by atoms with van der Waals surface area (Å²) in [5.74, 6) is 0.0575. The van der Waals surface area contributed by atoms with Gasteiger partial charge in [0.25, 0.3) is 0 Å². The molecule has 0 aliphatic carbocycles. The molecule has 1 amide bonds. The molecule has 0 aliphatic heterocycles. The van der Waals surface area contributed by atoms with Crippen molar-refractivity contribution >= 4 is 5.91 Å². The maximum absolute atomic E-state index is 11.9. The number of hydrogen-bond acceptors (Lipinski definition) is 2. The predicted molar refractivity (Wildman–Crippen MR) is 67.6 cm³/mol. The van der Waals surface area contributed by atoms with Crippen molar-refractivity contribution < 1.29 is 9.53 Å². The largest absolute Gasteiger partial charge is 0.375 e. The van der Waals surface area contributed by atoms with Gasteiger partial charge in [0.15, 0.2) is 0 Å². The van der Waals surface area contributed by atoms with E-state index >= 15 is 0 Å². The number of amides is 1. The standard InChI is InChI=1S/C13H22N2O2/c1-4-5-9-15(13(16)11-17-3)10-12-7-6-8-14(12)2/h6-8H,4-5,9-11H2,1-3H3. The molecule has 0 saturated heterocycles. The second-order valence-electron chi connectivity index (χ2n) is 4.21. The maximum atomic E-state index is 11.9. The normalized spacial score (nSPS) is 10.5. The van der Waals surface area contributed by atoms with Crippen LogP contribution in [0.3, 0.4) is 0 Å². The second-order valence-corrected chi connectivity index (χ2v) is 4.21. The number of carbonyl (C=O) groups excluding carboxylic acids is 1. The van der Waals surface area contributed by atoms with Gasteiger partial charge in [-0.2, -0.15) is 0 Å². The fourth-order valence-electron chi connectivity index (χ4n) is 1.71. The van der Waals surface area contributed by atoms with E-state index in [0.29, 0.717) is 6.54 Å². The van der Waals surface area contributed by atoms with Gasteiger partial charge in [0.05, 0.1) is 6.54 Å². The molecule has 1 aromatic heterocycles. The summed E-state index contributed by atoms with van der Waals surface area (Å²) in [6, 6.07) is 4.03. The van der Waals surface area contributed by atoms with Crippen molar-refractivity contribution in [3.8, 4) is 0 Å². The van der Waals surface area contributed by atoms with Crippen LogP contribution in [-0.2, 0) is 23.1 Å². The molecule has 0 radical (unpaired) electrons. The van der Waals surface area contributed by atoms with Gasteiger partial charge >= 0.3 is 0 Å². The van der Waals surface area contributed by atoms with E-state index in [1.165, 1.54) is 0 Å². The molecule has 17 heavy (non-hydrogen) atoms. The van der Waals surface area contributed by atoms with Crippen molar-refractivity contribution in [1.29, 1.82) is 0 Å². The molecule has 1 rings (SSSR count). The summed E-state index contributed by atoms with van der Waals surface area (Å²) >= 11 is 0. The molecule has 0 bridgehead atoms. The Hall–Kier alpha value is -1.29. The van der Waals surface area contributed by atoms with Crippen LogP contribution >= 0.6 is 0 Å². The van der Waals surface area contributed by atoms with Crippen LogP contribution in [-0.4, -0.2) is 35.6 Å². The van der Waals surface area contributed by atoms with Crippen molar-refractivity contribution in [3.63, 3.8) is 0 Å². The Morgan fingerprint density at radius 2 is 2.29 bits per heavy atom. The number of rotatable bonds is 7. The Balaban J connectivity index is 2.63. The molecule has 0 unspecified atom stereocenters. The van der Waals surface area contributed by atoms with Gasteiger partial charge < -0.3 is 14.2 Å². The lowest BCUT2D eigenvalue weighted by atomic mass is 10.3. The molecule has 0 atom stereocenters. The van der Waals surface area contributed by atoms with E-state index in [-0.39, 0.29) is 12.5 Å². The lowest BCUT2D eigenvalue weighted by molar-refractivity contribution is -0.135. The minimum Gasteiger partial charge on any atom is -0.375 e. The van der Waals surface area contributed by atoms with Crippen LogP contribution in [0, 0.1) is 0 Å². The number of unbranched alkanes of at least 4 members (excludes halogenated alkanes) is 1. The molecular formula is C13H22N2O2. The molecule has 4 nitrogen and oxygen atoms in total. The number of carbonyl (C=O) groups is 1.